The molecule has 0 bridgehead atoms. The van der Waals surface area contributed by atoms with E-state index in [1.807, 2.05) is 12.3 Å². The quantitative estimate of drug-likeness (QED) is 0.853. The number of imide groups is 1. The Morgan fingerprint density at radius 1 is 1.26 bits per heavy atom. The van der Waals surface area contributed by atoms with Crippen LogP contribution in [0.25, 0.3) is 10.9 Å². The molecule has 0 radical (unpaired) electrons. The van der Waals surface area contributed by atoms with Gasteiger partial charge in [0.05, 0.1) is 0 Å². The Kier molecular flexibility index (Phi) is 3.25. The number of aromatic nitrogens is 1. The minimum atomic E-state index is -0.247. The summed E-state index contributed by atoms with van der Waals surface area (Å²) < 4.78 is 0. The van der Waals surface area contributed by atoms with Crippen LogP contribution in [0.15, 0.2) is 24.4 Å². The summed E-state index contributed by atoms with van der Waals surface area (Å²) in [6.45, 7) is 1.07. The summed E-state index contributed by atoms with van der Waals surface area (Å²) >= 11 is 0. The first-order valence-electron chi connectivity index (χ1n) is 8.06. The van der Waals surface area contributed by atoms with Crippen LogP contribution in [-0.2, 0) is 11.2 Å². The molecule has 23 heavy (non-hydrogen) atoms. The molecule has 2 saturated heterocycles. The van der Waals surface area contributed by atoms with E-state index in [4.69, 9.17) is 0 Å². The number of nitrogens with one attached hydrogen (secondary N) is 1. The van der Waals surface area contributed by atoms with Gasteiger partial charge in [-0.1, -0.05) is 0 Å². The van der Waals surface area contributed by atoms with E-state index >= 15 is 0 Å². The van der Waals surface area contributed by atoms with E-state index in [9.17, 15) is 14.7 Å². The molecule has 0 saturated carbocycles. The number of hydrogen-bond donors (Lipinski definition) is 2. The van der Waals surface area contributed by atoms with Crippen LogP contribution < -0.4 is 0 Å². The van der Waals surface area contributed by atoms with Crippen molar-refractivity contribution in [3.63, 3.8) is 0 Å². The second-order valence-corrected chi connectivity index (χ2v) is 6.27. The van der Waals surface area contributed by atoms with Gasteiger partial charge in [-0.05, 0) is 49.4 Å². The molecule has 2 N–H and O–H groups in total. The van der Waals surface area contributed by atoms with Crippen LogP contribution in [-0.4, -0.2) is 51.0 Å². The Morgan fingerprint density at radius 3 is 2.96 bits per heavy atom. The summed E-state index contributed by atoms with van der Waals surface area (Å²) in [5.74, 6) is 0.154. The Bertz CT molecular complexity index is 758. The highest BCUT2D eigenvalue weighted by Crippen LogP contribution is 2.28. The Hall–Kier alpha value is -2.50. The van der Waals surface area contributed by atoms with Gasteiger partial charge in [0.15, 0.2) is 0 Å². The fourth-order valence-electron chi connectivity index (χ4n) is 3.66. The summed E-state index contributed by atoms with van der Waals surface area (Å²) in [5, 5.41) is 10.6. The van der Waals surface area contributed by atoms with E-state index < -0.39 is 0 Å². The van der Waals surface area contributed by atoms with Gasteiger partial charge >= 0.3 is 6.03 Å². The number of carbonyl (C=O) groups is 2. The van der Waals surface area contributed by atoms with Gasteiger partial charge in [-0.25, -0.2) is 4.79 Å². The van der Waals surface area contributed by atoms with Crippen molar-refractivity contribution < 1.29 is 14.7 Å². The summed E-state index contributed by atoms with van der Waals surface area (Å²) in [4.78, 5) is 31.1. The minimum Gasteiger partial charge on any atom is -0.508 e. The van der Waals surface area contributed by atoms with Crippen LogP contribution in [0.3, 0.4) is 0 Å². The molecule has 6 nitrogen and oxygen atoms in total. The van der Waals surface area contributed by atoms with Crippen molar-refractivity contribution in [2.75, 3.05) is 13.1 Å². The zero-order valence-corrected chi connectivity index (χ0v) is 12.8. The zero-order chi connectivity index (χ0) is 16.0. The van der Waals surface area contributed by atoms with Crippen molar-refractivity contribution in [1.82, 2.24) is 14.8 Å². The fourth-order valence-corrected chi connectivity index (χ4v) is 3.66. The van der Waals surface area contributed by atoms with Crippen molar-refractivity contribution in [3.05, 3.63) is 30.0 Å². The molecule has 120 valence electrons. The Labute approximate surface area is 133 Å². The molecule has 2 fully saturated rings. The van der Waals surface area contributed by atoms with Gasteiger partial charge in [-0.3, -0.25) is 9.69 Å². The summed E-state index contributed by atoms with van der Waals surface area (Å²) in [7, 11) is 0. The van der Waals surface area contributed by atoms with Crippen LogP contribution in [0.4, 0.5) is 4.79 Å². The molecule has 2 aliphatic heterocycles. The average Bonchev–Trinajstić information content (AvgIpc) is 3.06. The molecule has 1 aromatic heterocycles. The number of hydrogen-bond acceptors (Lipinski definition) is 3. The molecule has 2 aromatic rings. The van der Waals surface area contributed by atoms with Gasteiger partial charge < -0.3 is 15.0 Å². The Morgan fingerprint density at radius 2 is 2.13 bits per heavy atom. The van der Waals surface area contributed by atoms with Crippen LogP contribution in [0.2, 0.25) is 0 Å². The lowest BCUT2D eigenvalue weighted by atomic mass is 10.0. The summed E-state index contributed by atoms with van der Waals surface area (Å²) in [6.07, 6.45) is 5.23. The first-order valence-corrected chi connectivity index (χ1v) is 8.06. The van der Waals surface area contributed by atoms with E-state index in [-0.39, 0.29) is 23.7 Å². The molecule has 3 amide bonds. The van der Waals surface area contributed by atoms with Crippen molar-refractivity contribution in [2.24, 2.45) is 0 Å². The van der Waals surface area contributed by atoms with E-state index in [1.165, 1.54) is 4.90 Å². The summed E-state index contributed by atoms with van der Waals surface area (Å²) in [6, 6.07) is 4.76. The third kappa shape index (κ3) is 2.25. The van der Waals surface area contributed by atoms with Gasteiger partial charge in [0.1, 0.15) is 11.8 Å². The lowest BCUT2D eigenvalue weighted by Crippen LogP contribution is -2.39. The number of benzene rings is 1. The molecule has 1 atom stereocenters. The largest absolute Gasteiger partial charge is 0.508 e. The molecule has 3 heterocycles. The predicted molar refractivity (Wildman–Crippen MR) is 85.1 cm³/mol. The normalized spacial score (nSPS) is 21.3. The van der Waals surface area contributed by atoms with E-state index in [2.05, 4.69) is 4.98 Å². The number of aromatic hydroxyl groups is 1. The number of aromatic amines is 1. The monoisotopic (exact) mass is 313 g/mol. The van der Waals surface area contributed by atoms with E-state index in [0.29, 0.717) is 19.5 Å². The Balaban J connectivity index is 1.53. The molecule has 6 heteroatoms. The number of phenols is 1. The van der Waals surface area contributed by atoms with Gasteiger partial charge in [-0.15, -0.1) is 0 Å². The number of carbonyl (C=O) groups excluding carboxylic acids is 2. The molecular formula is C17H19N3O3. The topological polar surface area (TPSA) is 76.6 Å². The molecule has 1 aromatic carbocycles. The van der Waals surface area contributed by atoms with Gasteiger partial charge in [0, 0.05) is 30.2 Å². The maximum Gasteiger partial charge on any atom is 0.327 e. The highest BCUT2D eigenvalue weighted by molar-refractivity contribution is 6.04. The predicted octanol–water partition coefficient (Wildman–Crippen LogP) is 2.23. The first-order chi connectivity index (χ1) is 11.1. The molecular weight excluding hydrogens is 294 g/mol. The van der Waals surface area contributed by atoms with Gasteiger partial charge in [0.2, 0.25) is 0 Å². The third-order valence-electron chi connectivity index (χ3n) is 4.89. The second kappa shape index (κ2) is 5.30. The number of H-pyrrole nitrogens is 1. The highest BCUT2D eigenvalue weighted by Gasteiger charge is 2.45. The number of rotatable bonds is 3. The molecule has 2 aliphatic rings. The number of piperidine rings is 1. The van der Waals surface area contributed by atoms with Crippen molar-refractivity contribution in [2.45, 2.75) is 31.7 Å². The fraction of sp³-hybridized carbons (Fsp3) is 0.412. The lowest BCUT2D eigenvalue weighted by molar-refractivity contribution is -0.128. The SMILES string of the molecule is O=C1C2CCCCN2C(=O)N1CCc1c[nH]c2ccc(O)cc12. The average molecular weight is 313 g/mol. The van der Waals surface area contributed by atoms with Gasteiger partial charge in [0.25, 0.3) is 5.91 Å². The van der Waals surface area contributed by atoms with Crippen LogP contribution in [0.1, 0.15) is 24.8 Å². The molecule has 1 unspecified atom stereocenters. The number of urea groups is 1. The van der Waals surface area contributed by atoms with Crippen LogP contribution in [0, 0.1) is 0 Å². The lowest BCUT2D eigenvalue weighted by Gasteiger charge is -2.26. The van der Waals surface area contributed by atoms with Crippen molar-refractivity contribution >= 4 is 22.8 Å². The minimum absolute atomic E-state index is 0.0580. The summed E-state index contributed by atoms with van der Waals surface area (Å²) in [5.41, 5.74) is 1.94. The third-order valence-corrected chi connectivity index (χ3v) is 4.89. The number of nitrogens with zero attached hydrogens (tertiary/aromatic N) is 2. The number of amides is 3. The molecule has 4 rings (SSSR count). The van der Waals surface area contributed by atoms with E-state index in [1.54, 1.807) is 17.0 Å². The molecule has 0 aliphatic carbocycles. The zero-order valence-electron chi connectivity index (χ0n) is 12.8. The van der Waals surface area contributed by atoms with E-state index in [0.717, 1.165) is 35.7 Å². The van der Waals surface area contributed by atoms with Crippen molar-refractivity contribution in [1.29, 1.82) is 0 Å². The van der Waals surface area contributed by atoms with Crippen LogP contribution >= 0.6 is 0 Å². The number of phenolic OH excluding ortho intramolecular Hbond substituents is 1. The first kappa shape index (κ1) is 14.1. The second-order valence-electron chi connectivity index (χ2n) is 6.27. The maximum absolute atomic E-state index is 12.4. The van der Waals surface area contributed by atoms with Crippen LogP contribution in [0.5, 0.6) is 5.75 Å². The highest BCUT2D eigenvalue weighted by atomic mass is 16.3. The van der Waals surface area contributed by atoms with Gasteiger partial charge in [-0.2, -0.15) is 0 Å². The standard InChI is InChI=1S/C17H19N3O3/c21-12-4-5-14-13(9-12)11(10-18-14)6-8-20-16(22)15-3-1-2-7-19(15)17(20)23/h4-5,9-10,15,18,21H,1-3,6-8H2. The maximum atomic E-state index is 12.4. The molecule has 0 spiro atoms. The smallest absolute Gasteiger partial charge is 0.327 e. The number of fused-ring (bicyclic) bond motifs is 2. The van der Waals surface area contributed by atoms with Crippen molar-refractivity contribution in [3.8, 4) is 5.75 Å².